The van der Waals surface area contributed by atoms with Gasteiger partial charge in [-0.1, -0.05) is 12.1 Å². The maximum atomic E-state index is 10.8. The monoisotopic (exact) mass is 256 g/mol. The Hall–Kier alpha value is -2.17. The van der Waals surface area contributed by atoms with Crippen molar-refractivity contribution in [3.8, 4) is 0 Å². The number of benzene rings is 1. The van der Waals surface area contributed by atoms with Gasteiger partial charge >= 0.3 is 0 Å². The van der Waals surface area contributed by atoms with Gasteiger partial charge in [-0.25, -0.2) is 9.97 Å². The molecule has 0 aliphatic carbocycles. The molecule has 1 fully saturated rings. The highest BCUT2D eigenvalue weighted by atomic mass is 16.1. The molecule has 19 heavy (non-hydrogen) atoms. The average molecular weight is 256 g/mol. The topological polar surface area (TPSA) is 49.3 Å². The van der Waals surface area contributed by atoms with Crippen LogP contribution in [0.15, 0.2) is 24.3 Å². The minimum Gasteiger partial charge on any atom is -0.352 e. The Morgan fingerprint density at radius 3 is 2.58 bits per heavy atom. The van der Waals surface area contributed by atoms with Crippen LogP contribution in [-0.2, 0) is 4.79 Å². The van der Waals surface area contributed by atoms with Crippen molar-refractivity contribution < 1.29 is 4.79 Å². The molecule has 0 radical (unpaired) electrons. The number of carbonyl (C=O) groups excluding carboxylic acids is 1. The number of hydrogen-bond acceptors (Lipinski definition) is 4. The summed E-state index contributed by atoms with van der Waals surface area (Å²) in [5.74, 6) is 1.76. The highest BCUT2D eigenvalue weighted by Crippen LogP contribution is 2.24. The first-order valence-corrected chi connectivity index (χ1v) is 6.45. The van der Waals surface area contributed by atoms with E-state index in [0.29, 0.717) is 0 Å². The molecule has 5 heteroatoms. The van der Waals surface area contributed by atoms with Crippen LogP contribution in [0.5, 0.6) is 0 Å². The Morgan fingerprint density at radius 1 is 1.11 bits per heavy atom. The molecule has 0 spiro atoms. The van der Waals surface area contributed by atoms with Crippen LogP contribution in [0, 0.1) is 6.92 Å². The van der Waals surface area contributed by atoms with Crippen LogP contribution in [0.4, 0.5) is 5.82 Å². The van der Waals surface area contributed by atoms with Gasteiger partial charge in [0, 0.05) is 31.6 Å². The number of rotatable bonds is 2. The zero-order chi connectivity index (χ0) is 13.2. The number of para-hydroxylation sites is 1. The summed E-state index contributed by atoms with van der Waals surface area (Å²) < 4.78 is 0. The Labute approximate surface area is 111 Å². The number of aromatic nitrogens is 2. The van der Waals surface area contributed by atoms with E-state index in [9.17, 15) is 4.79 Å². The number of nitrogens with zero attached hydrogens (tertiary/aromatic N) is 4. The number of hydrogen-bond donors (Lipinski definition) is 0. The molecular formula is C14H16N4O. The van der Waals surface area contributed by atoms with Crippen molar-refractivity contribution in [1.82, 2.24) is 14.9 Å². The minimum atomic E-state index is 0.751. The van der Waals surface area contributed by atoms with Crippen LogP contribution in [0.3, 0.4) is 0 Å². The Balaban J connectivity index is 1.98. The van der Waals surface area contributed by atoms with E-state index < -0.39 is 0 Å². The average Bonchev–Trinajstić information content (AvgIpc) is 2.46. The molecule has 1 amide bonds. The highest BCUT2D eigenvalue weighted by molar-refractivity contribution is 5.89. The van der Waals surface area contributed by atoms with Gasteiger partial charge < -0.3 is 9.80 Å². The molecule has 1 aliphatic rings. The lowest BCUT2D eigenvalue weighted by Gasteiger charge is -2.33. The molecule has 0 atom stereocenters. The van der Waals surface area contributed by atoms with Crippen LogP contribution in [0.1, 0.15) is 5.82 Å². The fraction of sp³-hybridized carbons (Fsp3) is 0.357. The summed E-state index contributed by atoms with van der Waals surface area (Å²) in [5, 5.41) is 1.08. The van der Waals surface area contributed by atoms with Gasteiger partial charge in [0.25, 0.3) is 0 Å². The summed E-state index contributed by atoms with van der Waals surface area (Å²) in [6, 6.07) is 8.06. The molecule has 0 unspecified atom stereocenters. The van der Waals surface area contributed by atoms with Gasteiger partial charge in [0.05, 0.1) is 5.52 Å². The van der Waals surface area contributed by atoms with E-state index in [0.717, 1.165) is 55.1 Å². The fourth-order valence-electron chi connectivity index (χ4n) is 2.45. The van der Waals surface area contributed by atoms with Crippen LogP contribution >= 0.6 is 0 Å². The van der Waals surface area contributed by atoms with Crippen molar-refractivity contribution in [1.29, 1.82) is 0 Å². The van der Waals surface area contributed by atoms with Gasteiger partial charge in [-0.05, 0) is 19.1 Å². The van der Waals surface area contributed by atoms with Crippen LogP contribution in [0.25, 0.3) is 10.9 Å². The predicted octanol–water partition coefficient (Wildman–Crippen LogP) is 1.22. The van der Waals surface area contributed by atoms with Crippen molar-refractivity contribution in [2.75, 3.05) is 31.1 Å². The van der Waals surface area contributed by atoms with Gasteiger partial charge in [-0.2, -0.15) is 0 Å². The molecule has 3 rings (SSSR count). The fourth-order valence-corrected chi connectivity index (χ4v) is 2.45. The Kier molecular flexibility index (Phi) is 3.03. The normalized spacial score (nSPS) is 15.8. The first-order valence-electron chi connectivity index (χ1n) is 6.45. The molecule has 0 N–H and O–H groups in total. The van der Waals surface area contributed by atoms with E-state index in [4.69, 9.17) is 0 Å². The predicted molar refractivity (Wildman–Crippen MR) is 74.1 cm³/mol. The molecule has 5 nitrogen and oxygen atoms in total. The van der Waals surface area contributed by atoms with Crippen molar-refractivity contribution in [3.63, 3.8) is 0 Å². The third-order valence-electron chi connectivity index (χ3n) is 3.46. The molecule has 1 aliphatic heterocycles. The van der Waals surface area contributed by atoms with E-state index in [1.54, 1.807) is 4.90 Å². The molecular weight excluding hydrogens is 240 g/mol. The molecule has 0 saturated carbocycles. The first-order chi connectivity index (χ1) is 9.28. The Bertz CT molecular complexity index is 605. The lowest BCUT2D eigenvalue weighted by Crippen LogP contribution is -2.46. The Morgan fingerprint density at radius 2 is 1.84 bits per heavy atom. The number of aryl methyl sites for hydroxylation is 1. The quantitative estimate of drug-likeness (QED) is 0.758. The van der Waals surface area contributed by atoms with Gasteiger partial charge in [0.15, 0.2) is 0 Å². The molecule has 1 aromatic carbocycles. The second-order valence-electron chi connectivity index (χ2n) is 4.74. The molecule has 1 aromatic heterocycles. The zero-order valence-electron chi connectivity index (χ0n) is 10.9. The van der Waals surface area contributed by atoms with Gasteiger partial charge in [0.1, 0.15) is 11.6 Å². The van der Waals surface area contributed by atoms with E-state index in [1.165, 1.54) is 0 Å². The van der Waals surface area contributed by atoms with E-state index in [1.807, 2.05) is 25.1 Å². The van der Waals surface area contributed by atoms with Crippen molar-refractivity contribution in [3.05, 3.63) is 30.1 Å². The minimum absolute atomic E-state index is 0.751. The largest absolute Gasteiger partial charge is 0.352 e. The molecule has 2 aromatic rings. The molecule has 2 heterocycles. The summed E-state index contributed by atoms with van der Waals surface area (Å²) in [7, 11) is 0. The summed E-state index contributed by atoms with van der Waals surface area (Å²) in [6.07, 6.45) is 0.917. The van der Waals surface area contributed by atoms with Crippen molar-refractivity contribution in [2.24, 2.45) is 0 Å². The number of anilines is 1. The summed E-state index contributed by atoms with van der Waals surface area (Å²) in [5.41, 5.74) is 0.975. The van der Waals surface area contributed by atoms with Crippen LogP contribution < -0.4 is 4.90 Å². The number of piperazine rings is 1. The SMILES string of the molecule is Cc1nc(N2CCN(C=O)CC2)c2ccccc2n1. The maximum absolute atomic E-state index is 10.8. The van der Waals surface area contributed by atoms with Crippen molar-refractivity contribution in [2.45, 2.75) is 6.92 Å². The highest BCUT2D eigenvalue weighted by Gasteiger charge is 2.19. The summed E-state index contributed by atoms with van der Waals surface area (Å²) in [4.78, 5) is 23.8. The third-order valence-corrected chi connectivity index (χ3v) is 3.46. The van der Waals surface area contributed by atoms with Crippen LogP contribution in [0.2, 0.25) is 0 Å². The van der Waals surface area contributed by atoms with Crippen LogP contribution in [-0.4, -0.2) is 47.5 Å². The second-order valence-corrected chi connectivity index (χ2v) is 4.74. The third kappa shape index (κ3) is 2.23. The lowest BCUT2D eigenvalue weighted by atomic mass is 10.2. The van der Waals surface area contributed by atoms with Gasteiger partial charge in [0.2, 0.25) is 6.41 Å². The zero-order valence-corrected chi connectivity index (χ0v) is 10.9. The number of carbonyl (C=O) groups is 1. The number of amides is 1. The second kappa shape index (κ2) is 4.84. The maximum Gasteiger partial charge on any atom is 0.209 e. The van der Waals surface area contributed by atoms with Gasteiger partial charge in [-0.15, -0.1) is 0 Å². The summed E-state index contributed by atoms with van der Waals surface area (Å²) >= 11 is 0. The van der Waals surface area contributed by atoms with E-state index in [-0.39, 0.29) is 0 Å². The summed E-state index contributed by atoms with van der Waals surface area (Å²) in [6.45, 7) is 5.05. The molecule has 98 valence electrons. The smallest absolute Gasteiger partial charge is 0.209 e. The standard InChI is InChI=1S/C14H16N4O/c1-11-15-13-5-3-2-4-12(13)14(16-11)18-8-6-17(10-19)7-9-18/h2-5,10H,6-9H2,1H3. The molecule has 1 saturated heterocycles. The lowest BCUT2D eigenvalue weighted by molar-refractivity contribution is -0.118. The van der Waals surface area contributed by atoms with Crippen molar-refractivity contribution >= 4 is 23.1 Å². The number of fused-ring (bicyclic) bond motifs is 1. The molecule has 0 bridgehead atoms. The van der Waals surface area contributed by atoms with E-state index in [2.05, 4.69) is 20.9 Å². The first kappa shape index (κ1) is 11.9. The van der Waals surface area contributed by atoms with Gasteiger partial charge in [-0.3, -0.25) is 4.79 Å². The van der Waals surface area contributed by atoms with E-state index >= 15 is 0 Å².